The lowest BCUT2D eigenvalue weighted by atomic mass is 10.1. The van der Waals surface area contributed by atoms with Crippen LogP contribution in [-0.4, -0.2) is 24.4 Å². The van der Waals surface area contributed by atoms with E-state index >= 15 is 0 Å². The molecule has 1 atom stereocenters. The van der Waals surface area contributed by atoms with Gasteiger partial charge >= 0.3 is 0 Å². The third-order valence-corrected chi connectivity index (χ3v) is 2.99. The molecule has 2 rings (SSSR count). The van der Waals surface area contributed by atoms with Crippen molar-refractivity contribution in [1.29, 1.82) is 0 Å². The fourth-order valence-corrected chi connectivity index (χ4v) is 2.14. The number of hydrogen-bond acceptors (Lipinski definition) is 2. The summed E-state index contributed by atoms with van der Waals surface area (Å²) in [6.45, 7) is 4.31. The van der Waals surface area contributed by atoms with Crippen LogP contribution in [0.25, 0.3) is 0 Å². The topological polar surface area (TPSA) is 49.4 Å². The van der Waals surface area contributed by atoms with Crippen LogP contribution < -0.4 is 10.2 Å². The van der Waals surface area contributed by atoms with Crippen LogP contribution in [0.15, 0.2) is 30.3 Å². The third kappa shape index (κ3) is 2.70. The van der Waals surface area contributed by atoms with Crippen LogP contribution in [0.3, 0.4) is 0 Å². The maximum atomic E-state index is 11.9. The van der Waals surface area contributed by atoms with E-state index in [-0.39, 0.29) is 23.8 Å². The van der Waals surface area contributed by atoms with E-state index in [2.05, 4.69) is 5.32 Å². The zero-order valence-electron chi connectivity index (χ0n) is 10.7. The van der Waals surface area contributed by atoms with Gasteiger partial charge in [0.2, 0.25) is 11.8 Å². The lowest BCUT2D eigenvalue weighted by Gasteiger charge is -2.17. The highest BCUT2D eigenvalue weighted by molar-refractivity contribution is 6.00. The molecule has 2 amide bonds. The highest BCUT2D eigenvalue weighted by Gasteiger charge is 2.35. The smallest absolute Gasteiger partial charge is 0.227 e. The van der Waals surface area contributed by atoms with E-state index in [0.29, 0.717) is 13.0 Å². The number of rotatable bonds is 3. The molecule has 1 N–H and O–H groups in total. The number of amides is 2. The average Bonchev–Trinajstić information content (AvgIpc) is 2.72. The second kappa shape index (κ2) is 5.21. The van der Waals surface area contributed by atoms with E-state index in [9.17, 15) is 9.59 Å². The first-order valence-corrected chi connectivity index (χ1v) is 6.23. The molecule has 1 unspecified atom stereocenters. The molecular weight excluding hydrogens is 228 g/mol. The molecule has 1 heterocycles. The Kier molecular flexibility index (Phi) is 3.65. The van der Waals surface area contributed by atoms with Gasteiger partial charge in [-0.3, -0.25) is 9.59 Å². The van der Waals surface area contributed by atoms with Crippen molar-refractivity contribution in [2.75, 3.05) is 11.4 Å². The Morgan fingerprint density at radius 2 is 2.00 bits per heavy atom. The summed E-state index contributed by atoms with van der Waals surface area (Å²) in [6.07, 6.45) is 0.299. The molecule has 0 saturated carbocycles. The van der Waals surface area contributed by atoms with Crippen LogP contribution in [-0.2, 0) is 9.59 Å². The summed E-state index contributed by atoms with van der Waals surface area (Å²) in [5.41, 5.74) is 0.863. The van der Waals surface area contributed by atoms with Crippen molar-refractivity contribution < 1.29 is 9.59 Å². The van der Waals surface area contributed by atoms with Gasteiger partial charge in [0.25, 0.3) is 0 Å². The van der Waals surface area contributed by atoms with E-state index in [4.69, 9.17) is 0 Å². The fourth-order valence-electron chi connectivity index (χ4n) is 2.14. The van der Waals surface area contributed by atoms with Gasteiger partial charge in [-0.15, -0.1) is 0 Å². The normalized spacial score (nSPS) is 19.4. The maximum Gasteiger partial charge on any atom is 0.227 e. The number of hydrogen-bond donors (Lipinski definition) is 1. The number of nitrogens with one attached hydrogen (secondary N) is 1. The number of anilines is 1. The first kappa shape index (κ1) is 12.6. The van der Waals surface area contributed by atoms with Crippen LogP contribution in [0, 0.1) is 5.92 Å². The molecule has 1 aromatic rings. The molecule has 0 aromatic heterocycles. The van der Waals surface area contributed by atoms with Crippen LogP contribution in [0.1, 0.15) is 20.3 Å². The predicted molar refractivity (Wildman–Crippen MR) is 70.2 cm³/mol. The van der Waals surface area contributed by atoms with Crippen LogP contribution in [0.5, 0.6) is 0 Å². The average molecular weight is 246 g/mol. The summed E-state index contributed by atoms with van der Waals surface area (Å²) >= 11 is 0. The van der Waals surface area contributed by atoms with E-state index < -0.39 is 0 Å². The van der Waals surface area contributed by atoms with Gasteiger partial charge in [-0.25, -0.2) is 0 Å². The van der Waals surface area contributed by atoms with Crippen molar-refractivity contribution in [3.63, 3.8) is 0 Å². The minimum absolute atomic E-state index is 0.0186. The lowest BCUT2D eigenvalue weighted by molar-refractivity contribution is -0.126. The van der Waals surface area contributed by atoms with Crippen molar-refractivity contribution in [2.45, 2.75) is 26.3 Å². The van der Waals surface area contributed by atoms with Crippen molar-refractivity contribution in [3.8, 4) is 0 Å². The lowest BCUT2D eigenvalue weighted by Crippen LogP contribution is -2.36. The number of para-hydroxylation sites is 1. The van der Waals surface area contributed by atoms with Crippen LogP contribution in [0.2, 0.25) is 0 Å². The van der Waals surface area contributed by atoms with Crippen LogP contribution >= 0.6 is 0 Å². The predicted octanol–water partition coefficient (Wildman–Crippen LogP) is 1.56. The molecule has 4 nitrogen and oxygen atoms in total. The van der Waals surface area contributed by atoms with E-state index in [1.807, 2.05) is 44.2 Å². The van der Waals surface area contributed by atoms with Crippen molar-refractivity contribution in [2.24, 2.45) is 5.92 Å². The van der Waals surface area contributed by atoms with Crippen molar-refractivity contribution in [3.05, 3.63) is 30.3 Å². The highest BCUT2D eigenvalue weighted by Crippen LogP contribution is 2.24. The molecule has 1 aliphatic rings. The zero-order valence-corrected chi connectivity index (χ0v) is 10.7. The molecule has 1 aliphatic heterocycles. The molecule has 0 spiro atoms. The van der Waals surface area contributed by atoms with Gasteiger partial charge in [0.15, 0.2) is 0 Å². The molecular formula is C14H18N2O2. The number of carbonyl (C=O) groups is 2. The summed E-state index contributed by atoms with van der Waals surface area (Å²) in [5.74, 6) is -0.248. The minimum atomic E-state index is -0.236. The van der Waals surface area contributed by atoms with Crippen molar-refractivity contribution >= 4 is 17.5 Å². The number of nitrogens with zero attached hydrogens (tertiary/aromatic N) is 1. The van der Waals surface area contributed by atoms with E-state index in [0.717, 1.165) is 5.69 Å². The molecule has 0 radical (unpaired) electrons. The molecule has 18 heavy (non-hydrogen) atoms. The number of benzene rings is 1. The standard InChI is InChI=1S/C14H18N2O2/c1-10(2)15-14(18)11-8-13(17)16(9-11)12-6-4-3-5-7-12/h3-7,10-11H,8-9H2,1-2H3,(H,15,18). The Bertz CT molecular complexity index is 442. The van der Waals surface area contributed by atoms with Gasteiger partial charge in [-0.05, 0) is 26.0 Å². The van der Waals surface area contributed by atoms with Gasteiger partial charge in [0.1, 0.15) is 0 Å². The minimum Gasteiger partial charge on any atom is -0.354 e. The summed E-state index contributed by atoms with van der Waals surface area (Å²) in [4.78, 5) is 25.5. The summed E-state index contributed by atoms with van der Waals surface area (Å²) in [6, 6.07) is 9.58. The Labute approximate surface area is 107 Å². The monoisotopic (exact) mass is 246 g/mol. The second-order valence-corrected chi connectivity index (χ2v) is 4.90. The highest BCUT2D eigenvalue weighted by atomic mass is 16.2. The Morgan fingerprint density at radius 3 is 2.61 bits per heavy atom. The Hall–Kier alpha value is -1.84. The summed E-state index contributed by atoms with van der Waals surface area (Å²) in [7, 11) is 0. The summed E-state index contributed by atoms with van der Waals surface area (Å²) < 4.78 is 0. The zero-order chi connectivity index (χ0) is 13.1. The van der Waals surface area contributed by atoms with Gasteiger partial charge in [0.05, 0.1) is 5.92 Å². The fraction of sp³-hybridized carbons (Fsp3) is 0.429. The van der Waals surface area contributed by atoms with Gasteiger partial charge < -0.3 is 10.2 Å². The molecule has 0 aliphatic carbocycles. The number of carbonyl (C=O) groups excluding carboxylic acids is 2. The maximum absolute atomic E-state index is 11.9. The first-order chi connectivity index (χ1) is 8.58. The molecule has 4 heteroatoms. The largest absolute Gasteiger partial charge is 0.354 e. The molecule has 1 saturated heterocycles. The summed E-state index contributed by atoms with van der Waals surface area (Å²) in [5, 5.41) is 2.86. The van der Waals surface area contributed by atoms with Crippen molar-refractivity contribution in [1.82, 2.24) is 5.32 Å². The van der Waals surface area contributed by atoms with Gasteiger partial charge in [0, 0.05) is 24.7 Å². The quantitative estimate of drug-likeness (QED) is 0.880. The SMILES string of the molecule is CC(C)NC(=O)C1CC(=O)N(c2ccccc2)C1. The Balaban J connectivity index is 2.06. The molecule has 1 fully saturated rings. The second-order valence-electron chi connectivity index (χ2n) is 4.90. The van der Waals surface area contributed by atoms with E-state index in [1.54, 1.807) is 4.90 Å². The molecule has 0 bridgehead atoms. The Morgan fingerprint density at radius 1 is 1.33 bits per heavy atom. The molecule has 96 valence electrons. The van der Waals surface area contributed by atoms with Gasteiger partial charge in [-0.2, -0.15) is 0 Å². The van der Waals surface area contributed by atoms with E-state index in [1.165, 1.54) is 0 Å². The van der Waals surface area contributed by atoms with Crippen LogP contribution in [0.4, 0.5) is 5.69 Å². The molecule has 1 aromatic carbocycles. The van der Waals surface area contributed by atoms with Gasteiger partial charge in [-0.1, -0.05) is 18.2 Å². The third-order valence-electron chi connectivity index (χ3n) is 2.99. The first-order valence-electron chi connectivity index (χ1n) is 6.23.